The largest absolute Gasteiger partial charge is 0.481 e. The van der Waals surface area contributed by atoms with Crippen molar-refractivity contribution in [3.63, 3.8) is 0 Å². The molecule has 0 spiro atoms. The van der Waals surface area contributed by atoms with Crippen LogP contribution in [0.5, 0.6) is 0 Å². The fourth-order valence-electron chi connectivity index (χ4n) is 2.26. The fourth-order valence-corrected chi connectivity index (χ4v) is 2.26. The predicted molar refractivity (Wildman–Crippen MR) is 76.7 cm³/mol. The maximum Gasteiger partial charge on any atom is 0.448 e. The molecule has 5 nitrogen and oxygen atoms in total. The lowest BCUT2D eigenvalue weighted by molar-refractivity contribution is -0.322. The van der Waals surface area contributed by atoms with Gasteiger partial charge in [0.25, 0.3) is 0 Å². The molecule has 0 radical (unpaired) electrons. The van der Waals surface area contributed by atoms with Gasteiger partial charge in [-0.2, -0.15) is 13.2 Å². The summed E-state index contributed by atoms with van der Waals surface area (Å²) < 4.78 is 55.0. The predicted octanol–water partition coefficient (Wildman–Crippen LogP) is 3.45. The van der Waals surface area contributed by atoms with Crippen LogP contribution in [-0.4, -0.2) is 40.3 Å². The third-order valence-corrected chi connectivity index (χ3v) is 3.98. The summed E-state index contributed by atoms with van der Waals surface area (Å²) >= 11 is 0. The van der Waals surface area contributed by atoms with Crippen molar-refractivity contribution >= 4 is 11.9 Å². The molecule has 0 amide bonds. The summed E-state index contributed by atoms with van der Waals surface area (Å²) in [5.41, 5.74) is -2.54. The van der Waals surface area contributed by atoms with Crippen molar-refractivity contribution in [2.45, 2.75) is 72.0 Å². The van der Waals surface area contributed by atoms with Gasteiger partial charge in [-0.1, -0.05) is 6.92 Å². The van der Waals surface area contributed by atoms with Gasteiger partial charge in [0.15, 0.2) is 0 Å². The molecule has 0 heterocycles. The number of carbonyl (C=O) groups excluding carboxylic acids is 1. The van der Waals surface area contributed by atoms with Crippen molar-refractivity contribution in [2.24, 2.45) is 10.8 Å². The highest BCUT2D eigenvalue weighted by atomic mass is 19.4. The topological polar surface area (TPSA) is 83.8 Å². The second kappa shape index (κ2) is 7.25. The Balaban J connectivity index is 5.09. The SMILES string of the molecule is CCC(C)(CC(C)(C)C(=O)O)C(=O)OC(C)CC(O)(F)C(F)(F)F. The van der Waals surface area contributed by atoms with E-state index in [1.807, 2.05) is 0 Å². The zero-order valence-electron chi connectivity index (χ0n) is 14.3. The van der Waals surface area contributed by atoms with Gasteiger partial charge in [0, 0.05) is 0 Å². The number of esters is 1. The van der Waals surface area contributed by atoms with Crippen molar-refractivity contribution in [3.05, 3.63) is 0 Å². The van der Waals surface area contributed by atoms with E-state index in [1.165, 1.54) is 20.8 Å². The van der Waals surface area contributed by atoms with E-state index >= 15 is 0 Å². The summed E-state index contributed by atoms with van der Waals surface area (Å²) in [6.45, 7) is 6.86. The number of carbonyl (C=O) groups is 2. The van der Waals surface area contributed by atoms with Gasteiger partial charge in [-0.25, -0.2) is 4.39 Å². The molecule has 24 heavy (non-hydrogen) atoms. The highest BCUT2D eigenvalue weighted by Crippen LogP contribution is 2.39. The zero-order chi connectivity index (χ0) is 19.6. The van der Waals surface area contributed by atoms with E-state index in [2.05, 4.69) is 0 Å². The third kappa shape index (κ3) is 5.61. The molecule has 0 aromatic carbocycles. The monoisotopic (exact) mass is 360 g/mol. The number of aliphatic hydroxyl groups is 1. The van der Waals surface area contributed by atoms with Crippen LogP contribution in [0.3, 0.4) is 0 Å². The number of aliphatic carboxylic acids is 1. The van der Waals surface area contributed by atoms with Crippen molar-refractivity contribution < 1.29 is 42.1 Å². The number of hydrogen-bond acceptors (Lipinski definition) is 4. The minimum atomic E-state index is -5.51. The van der Waals surface area contributed by atoms with Crippen molar-refractivity contribution in [3.8, 4) is 0 Å². The van der Waals surface area contributed by atoms with E-state index in [9.17, 15) is 27.2 Å². The fraction of sp³-hybridized carbons (Fsp3) is 0.867. The van der Waals surface area contributed by atoms with Gasteiger partial charge in [-0.3, -0.25) is 9.59 Å². The number of ether oxygens (including phenoxy) is 1. The highest BCUT2D eigenvalue weighted by molar-refractivity contribution is 5.79. The zero-order valence-corrected chi connectivity index (χ0v) is 14.3. The molecule has 0 aliphatic carbocycles. The lowest BCUT2D eigenvalue weighted by atomic mass is 9.72. The van der Waals surface area contributed by atoms with E-state index in [-0.39, 0.29) is 12.8 Å². The second-order valence-electron chi connectivity index (χ2n) is 6.96. The van der Waals surface area contributed by atoms with Crippen LogP contribution in [-0.2, 0) is 14.3 Å². The highest BCUT2D eigenvalue weighted by Gasteiger charge is 2.56. The molecule has 0 aliphatic rings. The minimum absolute atomic E-state index is 0.115. The molecule has 0 saturated carbocycles. The first kappa shape index (κ1) is 22.6. The van der Waals surface area contributed by atoms with Gasteiger partial charge >= 0.3 is 24.0 Å². The summed E-state index contributed by atoms with van der Waals surface area (Å²) in [6.07, 6.45) is -8.46. The summed E-state index contributed by atoms with van der Waals surface area (Å²) in [5.74, 6) is -6.56. The Morgan fingerprint density at radius 2 is 1.58 bits per heavy atom. The Morgan fingerprint density at radius 3 is 1.92 bits per heavy atom. The van der Waals surface area contributed by atoms with Gasteiger partial charge in [-0.05, 0) is 40.5 Å². The summed E-state index contributed by atoms with van der Waals surface area (Å²) in [5, 5.41) is 17.9. The van der Waals surface area contributed by atoms with Crippen LogP contribution in [0.2, 0.25) is 0 Å². The first-order valence-corrected chi connectivity index (χ1v) is 7.41. The van der Waals surface area contributed by atoms with E-state index in [1.54, 1.807) is 6.92 Å². The molecule has 0 aromatic rings. The average Bonchev–Trinajstić information content (AvgIpc) is 2.35. The Bertz CT molecular complexity index is 473. The van der Waals surface area contributed by atoms with E-state index in [0.29, 0.717) is 0 Å². The second-order valence-corrected chi connectivity index (χ2v) is 6.96. The van der Waals surface area contributed by atoms with Gasteiger partial charge in [0.05, 0.1) is 17.3 Å². The number of carboxylic acids is 1. The molecular formula is C15H24F4O5. The van der Waals surface area contributed by atoms with Gasteiger partial charge < -0.3 is 14.9 Å². The van der Waals surface area contributed by atoms with Crippen molar-refractivity contribution in [1.29, 1.82) is 0 Å². The van der Waals surface area contributed by atoms with Crippen molar-refractivity contribution in [2.75, 3.05) is 0 Å². The number of alkyl halides is 4. The minimum Gasteiger partial charge on any atom is -0.481 e. The first-order valence-electron chi connectivity index (χ1n) is 7.41. The summed E-state index contributed by atoms with van der Waals surface area (Å²) in [7, 11) is 0. The first-order chi connectivity index (χ1) is 10.5. The van der Waals surface area contributed by atoms with Crippen LogP contribution >= 0.6 is 0 Å². The Morgan fingerprint density at radius 1 is 1.12 bits per heavy atom. The normalized spacial score (nSPS) is 19.1. The maximum absolute atomic E-state index is 13.2. The molecule has 3 atom stereocenters. The Kier molecular flexibility index (Phi) is 6.83. The van der Waals surface area contributed by atoms with Crippen LogP contribution in [0.25, 0.3) is 0 Å². The average molecular weight is 360 g/mol. The molecule has 9 heteroatoms. The van der Waals surface area contributed by atoms with Crippen LogP contribution < -0.4 is 0 Å². The molecule has 0 rings (SSSR count). The van der Waals surface area contributed by atoms with Crippen LogP contribution in [0.1, 0.15) is 53.9 Å². The van der Waals surface area contributed by atoms with Gasteiger partial charge in [0.1, 0.15) is 6.10 Å². The number of hydrogen-bond donors (Lipinski definition) is 2. The molecular weight excluding hydrogens is 336 g/mol. The molecule has 3 unspecified atom stereocenters. The summed E-state index contributed by atoms with van der Waals surface area (Å²) in [6, 6.07) is 0. The third-order valence-electron chi connectivity index (χ3n) is 3.98. The van der Waals surface area contributed by atoms with Gasteiger partial charge in [-0.15, -0.1) is 0 Å². The maximum atomic E-state index is 13.2. The van der Waals surface area contributed by atoms with E-state index < -0.39 is 47.3 Å². The standard InChI is InChI=1S/C15H24F4O5/c1-6-13(5,8-12(3,4)10(20)21)11(22)24-9(2)7-14(16,23)15(17,18)19/h9,23H,6-8H2,1-5H3,(H,20,21). The summed E-state index contributed by atoms with van der Waals surface area (Å²) in [4.78, 5) is 23.4. The quantitative estimate of drug-likeness (QED) is 0.512. The molecule has 142 valence electrons. The number of halogens is 4. The molecule has 2 N–H and O–H groups in total. The lowest BCUT2D eigenvalue weighted by Crippen LogP contribution is -2.45. The molecule has 0 aromatic heterocycles. The Labute approximate surface area is 138 Å². The molecule has 0 bridgehead atoms. The lowest BCUT2D eigenvalue weighted by Gasteiger charge is -2.34. The number of carboxylic acid groups (broad SMARTS) is 1. The van der Waals surface area contributed by atoms with E-state index in [0.717, 1.165) is 6.92 Å². The van der Waals surface area contributed by atoms with E-state index in [4.69, 9.17) is 14.9 Å². The molecule has 0 aliphatic heterocycles. The van der Waals surface area contributed by atoms with Gasteiger partial charge in [0.2, 0.25) is 0 Å². The smallest absolute Gasteiger partial charge is 0.448 e. The molecule has 0 fully saturated rings. The van der Waals surface area contributed by atoms with Crippen LogP contribution in [0, 0.1) is 10.8 Å². The van der Waals surface area contributed by atoms with Crippen LogP contribution in [0.15, 0.2) is 0 Å². The number of rotatable bonds is 8. The molecule has 0 saturated heterocycles. The van der Waals surface area contributed by atoms with Crippen molar-refractivity contribution in [1.82, 2.24) is 0 Å². The van der Waals surface area contributed by atoms with Crippen LogP contribution in [0.4, 0.5) is 17.6 Å². The Hall–Kier alpha value is -1.38.